The molecule has 6 heteroatoms. The molecule has 0 fully saturated rings. The van der Waals surface area contributed by atoms with Crippen molar-refractivity contribution in [3.8, 4) is 11.1 Å². The van der Waals surface area contributed by atoms with Crippen LogP contribution in [0.4, 0.5) is 0 Å². The van der Waals surface area contributed by atoms with E-state index in [-0.39, 0.29) is 0 Å². The Hall–Kier alpha value is -1.10. The average Bonchev–Trinajstić information content (AvgIpc) is 2.80. The van der Waals surface area contributed by atoms with Gasteiger partial charge in [-0.25, -0.2) is 9.50 Å². The smallest absolute Gasteiger partial charge is 0.165 e. The Morgan fingerprint density at radius 3 is 2.57 bits per heavy atom. The van der Waals surface area contributed by atoms with E-state index in [0.29, 0.717) is 17.5 Å². The molecule has 1 aromatic carbocycles. The molecule has 0 saturated carbocycles. The molecule has 0 aliphatic carbocycles. The second-order valence-electron chi connectivity index (χ2n) is 5.56. The third-order valence-electron chi connectivity index (χ3n) is 3.98. The fourth-order valence-electron chi connectivity index (χ4n) is 2.86. The number of rotatable bonds is 3. The van der Waals surface area contributed by atoms with Gasteiger partial charge in [-0.3, -0.25) is 0 Å². The quantitative estimate of drug-likeness (QED) is 0.418. The lowest BCUT2D eigenvalue weighted by Crippen LogP contribution is -2.03. The molecule has 0 bridgehead atoms. The van der Waals surface area contributed by atoms with Crippen molar-refractivity contribution in [1.82, 2.24) is 14.6 Å². The normalized spacial score (nSPS) is 11.4. The Bertz CT molecular complexity index is 903. The zero-order valence-corrected chi connectivity index (χ0v) is 16.2. The second-order valence-corrected chi connectivity index (χ2v) is 7.21. The Morgan fingerprint density at radius 2 is 1.91 bits per heavy atom. The van der Waals surface area contributed by atoms with Crippen LogP contribution in [-0.4, -0.2) is 20.5 Å². The number of fused-ring (bicyclic) bond motifs is 1. The molecular weight excluding hydrogens is 397 g/mol. The molecule has 3 rings (SSSR count). The van der Waals surface area contributed by atoms with Crippen LogP contribution in [0.25, 0.3) is 16.8 Å². The molecule has 2 aromatic heterocycles. The third-order valence-corrected chi connectivity index (χ3v) is 5.05. The molecule has 0 aliphatic rings. The maximum atomic E-state index is 6.56. The van der Waals surface area contributed by atoms with Crippen molar-refractivity contribution >= 4 is 44.8 Å². The predicted molar refractivity (Wildman–Crippen MR) is 99.8 cm³/mol. The van der Waals surface area contributed by atoms with Crippen LogP contribution in [0.2, 0.25) is 5.15 Å². The number of aromatic nitrogens is 3. The molecule has 0 saturated heterocycles. The molecule has 0 unspecified atom stereocenters. The number of benzene rings is 1. The van der Waals surface area contributed by atoms with Gasteiger partial charge >= 0.3 is 0 Å². The van der Waals surface area contributed by atoms with E-state index in [0.717, 1.165) is 43.8 Å². The van der Waals surface area contributed by atoms with E-state index in [4.69, 9.17) is 28.2 Å². The van der Waals surface area contributed by atoms with Gasteiger partial charge in [-0.15, -0.1) is 11.6 Å². The van der Waals surface area contributed by atoms with Crippen molar-refractivity contribution in [2.45, 2.75) is 27.2 Å². The molecule has 3 aromatic rings. The van der Waals surface area contributed by atoms with E-state index in [2.05, 4.69) is 40.1 Å². The first-order valence-electron chi connectivity index (χ1n) is 7.30. The molecule has 3 nitrogen and oxygen atoms in total. The standard InChI is InChI=1S/C17H16BrCl2N3/c1-9-8-12(18)4-5-13(9)15-11(3)22-23-16(20)14(6-7-19)10(2)21-17(15)23/h4-5,8H,6-7H2,1-3H3. The van der Waals surface area contributed by atoms with E-state index >= 15 is 0 Å². The van der Waals surface area contributed by atoms with E-state index in [9.17, 15) is 0 Å². The summed E-state index contributed by atoms with van der Waals surface area (Å²) < 4.78 is 2.78. The van der Waals surface area contributed by atoms with E-state index in [1.165, 1.54) is 0 Å². The van der Waals surface area contributed by atoms with Gasteiger partial charge in [0.1, 0.15) is 5.15 Å². The lowest BCUT2D eigenvalue weighted by Gasteiger charge is -2.10. The van der Waals surface area contributed by atoms with Gasteiger partial charge in [0.15, 0.2) is 5.65 Å². The fraction of sp³-hybridized carbons (Fsp3) is 0.294. The first-order chi connectivity index (χ1) is 10.9. The van der Waals surface area contributed by atoms with Gasteiger partial charge in [0, 0.05) is 27.2 Å². The summed E-state index contributed by atoms with van der Waals surface area (Å²) in [5, 5.41) is 5.20. The molecule has 0 radical (unpaired) electrons. The Labute approximate surface area is 153 Å². The summed E-state index contributed by atoms with van der Waals surface area (Å²) in [6.07, 6.45) is 0.681. The van der Waals surface area contributed by atoms with Crippen LogP contribution in [0.5, 0.6) is 0 Å². The highest BCUT2D eigenvalue weighted by molar-refractivity contribution is 9.10. The zero-order valence-electron chi connectivity index (χ0n) is 13.1. The minimum Gasteiger partial charge on any atom is -0.233 e. The number of alkyl halides is 1. The number of hydrogen-bond donors (Lipinski definition) is 0. The molecule has 2 heterocycles. The van der Waals surface area contributed by atoms with Crippen LogP contribution in [0.1, 0.15) is 22.5 Å². The van der Waals surface area contributed by atoms with Gasteiger partial charge in [0.25, 0.3) is 0 Å². The van der Waals surface area contributed by atoms with Crippen LogP contribution in [0.3, 0.4) is 0 Å². The first-order valence-corrected chi connectivity index (χ1v) is 9.01. The van der Waals surface area contributed by atoms with E-state index in [1.54, 1.807) is 4.52 Å². The minimum absolute atomic E-state index is 0.507. The molecule has 0 aliphatic heterocycles. The summed E-state index contributed by atoms with van der Waals surface area (Å²) in [4.78, 5) is 4.76. The van der Waals surface area contributed by atoms with Crippen LogP contribution in [0, 0.1) is 20.8 Å². The van der Waals surface area contributed by atoms with Crippen molar-refractivity contribution in [3.05, 3.63) is 50.3 Å². The van der Waals surface area contributed by atoms with Gasteiger partial charge in [0.05, 0.1) is 5.69 Å². The second kappa shape index (κ2) is 6.42. The van der Waals surface area contributed by atoms with E-state index < -0.39 is 0 Å². The fourth-order valence-corrected chi connectivity index (χ4v) is 3.87. The maximum absolute atomic E-state index is 6.56. The van der Waals surface area contributed by atoms with Crippen LogP contribution in [-0.2, 0) is 6.42 Å². The molecule has 0 N–H and O–H groups in total. The summed E-state index contributed by atoms with van der Waals surface area (Å²) in [6.45, 7) is 6.03. The highest BCUT2D eigenvalue weighted by Gasteiger charge is 2.19. The van der Waals surface area contributed by atoms with Crippen molar-refractivity contribution < 1.29 is 0 Å². The zero-order chi connectivity index (χ0) is 16.7. The summed E-state index contributed by atoms with van der Waals surface area (Å²) in [5.41, 5.74) is 6.86. The summed E-state index contributed by atoms with van der Waals surface area (Å²) in [7, 11) is 0. The number of halogens is 3. The van der Waals surface area contributed by atoms with Gasteiger partial charge in [0.2, 0.25) is 0 Å². The van der Waals surface area contributed by atoms with Gasteiger partial charge in [-0.2, -0.15) is 5.10 Å². The first kappa shape index (κ1) is 16.7. The highest BCUT2D eigenvalue weighted by Crippen LogP contribution is 2.33. The predicted octanol–water partition coefficient (Wildman–Crippen LogP) is 5.52. The molecule has 0 atom stereocenters. The number of aryl methyl sites for hydroxylation is 3. The number of nitrogens with zero attached hydrogens (tertiary/aromatic N) is 3. The van der Waals surface area contributed by atoms with Crippen molar-refractivity contribution in [2.24, 2.45) is 0 Å². The Balaban J connectivity index is 2.32. The largest absolute Gasteiger partial charge is 0.233 e. The van der Waals surface area contributed by atoms with Crippen LogP contribution in [0.15, 0.2) is 22.7 Å². The monoisotopic (exact) mass is 411 g/mol. The highest BCUT2D eigenvalue weighted by atomic mass is 79.9. The lowest BCUT2D eigenvalue weighted by molar-refractivity contribution is 0.882. The molecule has 23 heavy (non-hydrogen) atoms. The van der Waals surface area contributed by atoms with Gasteiger partial charge in [-0.1, -0.05) is 33.6 Å². The molecule has 0 amide bonds. The van der Waals surface area contributed by atoms with Crippen LogP contribution >= 0.6 is 39.1 Å². The van der Waals surface area contributed by atoms with Gasteiger partial charge in [-0.05, 0) is 50.5 Å². The maximum Gasteiger partial charge on any atom is 0.165 e. The summed E-state index contributed by atoms with van der Waals surface area (Å²) >= 11 is 15.9. The molecule has 120 valence electrons. The topological polar surface area (TPSA) is 30.2 Å². The molecule has 0 spiro atoms. The number of hydrogen-bond acceptors (Lipinski definition) is 2. The lowest BCUT2D eigenvalue weighted by atomic mass is 10.0. The van der Waals surface area contributed by atoms with Crippen LogP contribution < -0.4 is 0 Å². The SMILES string of the molecule is Cc1cc(Br)ccc1-c1c(C)nn2c(Cl)c(CCCl)c(C)nc12. The molecular formula is C17H16BrCl2N3. The Kier molecular flexibility index (Phi) is 4.68. The van der Waals surface area contributed by atoms with Gasteiger partial charge < -0.3 is 0 Å². The van der Waals surface area contributed by atoms with Crippen molar-refractivity contribution in [1.29, 1.82) is 0 Å². The average molecular weight is 413 g/mol. The van der Waals surface area contributed by atoms with Crippen molar-refractivity contribution in [3.63, 3.8) is 0 Å². The Morgan fingerprint density at radius 1 is 1.17 bits per heavy atom. The van der Waals surface area contributed by atoms with Crippen molar-refractivity contribution in [2.75, 3.05) is 5.88 Å². The van der Waals surface area contributed by atoms with E-state index in [1.807, 2.05) is 19.9 Å². The third kappa shape index (κ3) is 2.88. The summed E-state index contributed by atoms with van der Waals surface area (Å²) in [5.74, 6) is 0.507. The minimum atomic E-state index is 0.507. The summed E-state index contributed by atoms with van der Waals surface area (Å²) in [6, 6.07) is 6.21.